The van der Waals surface area contributed by atoms with Crippen molar-refractivity contribution >= 4 is 23.3 Å². The Morgan fingerprint density at radius 2 is 1.68 bits per heavy atom. The van der Waals surface area contributed by atoms with Crippen molar-refractivity contribution < 1.29 is 31.1 Å². The minimum absolute atomic E-state index is 0.0634. The molecule has 1 heterocycles. The summed E-state index contributed by atoms with van der Waals surface area (Å²) in [5.74, 6) is -1.73. The Morgan fingerprint density at radius 1 is 1.12 bits per heavy atom. The average Bonchev–Trinajstić information content (AvgIpc) is 2.54. The van der Waals surface area contributed by atoms with E-state index in [9.17, 15) is 31.1 Å². The molecule has 0 bridgehead atoms. The summed E-state index contributed by atoms with van der Waals surface area (Å²) in [5, 5.41) is 9.16. The summed E-state index contributed by atoms with van der Waals surface area (Å²) < 4.78 is 77.2. The molecule has 1 atom stereocenters. The summed E-state index contributed by atoms with van der Waals surface area (Å²) in [6.07, 6.45) is -10.1. The number of halogens is 6. The third-order valence-electron chi connectivity index (χ3n) is 3.40. The zero-order valence-electron chi connectivity index (χ0n) is 12.4. The van der Waals surface area contributed by atoms with Crippen LogP contribution in [-0.2, 0) is 12.4 Å². The molecule has 0 saturated carbocycles. The minimum Gasteiger partial charge on any atom is -0.292 e. The second-order valence-electron chi connectivity index (χ2n) is 5.15. The van der Waals surface area contributed by atoms with Crippen LogP contribution in [0.4, 0.5) is 26.3 Å². The van der Waals surface area contributed by atoms with Gasteiger partial charge in [-0.2, -0.15) is 43.4 Å². The molecule has 0 aliphatic carbocycles. The average molecular weight is 380 g/mol. The predicted octanol–water partition coefficient (Wildman–Crippen LogP) is 4.23. The zero-order chi connectivity index (χ0) is 18.8. The Kier molecular flexibility index (Phi) is 5.46. The van der Waals surface area contributed by atoms with Gasteiger partial charge in [-0.05, 0) is 18.2 Å². The Balaban J connectivity index is 2.51. The van der Waals surface area contributed by atoms with E-state index in [1.54, 1.807) is 6.07 Å². The molecule has 134 valence electrons. The summed E-state index contributed by atoms with van der Waals surface area (Å²) in [4.78, 5) is 16.4. The standard InChI is InChI=1S/C15H10F6N2OS/c16-14(17,18)9-3-8(4-10(5-9)15(19,20)21)13(24)11(6-22)12-7-25-2-1-23-12/h3-5,11H,1-2,7H2. The van der Waals surface area contributed by atoms with Gasteiger partial charge in [0.15, 0.2) is 5.78 Å². The van der Waals surface area contributed by atoms with Gasteiger partial charge in [0.1, 0.15) is 5.92 Å². The van der Waals surface area contributed by atoms with Gasteiger partial charge >= 0.3 is 12.4 Å². The van der Waals surface area contributed by atoms with Gasteiger partial charge in [-0.1, -0.05) is 0 Å². The first kappa shape index (κ1) is 19.3. The first-order chi connectivity index (χ1) is 11.5. The van der Waals surface area contributed by atoms with Crippen molar-refractivity contribution in [2.45, 2.75) is 12.4 Å². The molecule has 1 aliphatic rings. The summed E-state index contributed by atoms with van der Waals surface area (Å²) in [6, 6.07) is 2.23. The van der Waals surface area contributed by atoms with Crippen LogP contribution in [0.1, 0.15) is 21.5 Å². The van der Waals surface area contributed by atoms with E-state index in [-0.39, 0.29) is 17.5 Å². The molecule has 0 aromatic heterocycles. The summed E-state index contributed by atoms with van der Waals surface area (Å²) in [5.41, 5.74) is -3.84. The molecule has 25 heavy (non-hydrogen) atoms. The fraction of sp³-hybridized carbons (Fsp3) is 0.400. The highest BCUT2D eigenvalue weighted by atomic mass is 32.2. The number of hydrogen-bond donors (Lipinski definition) is 0. The lowest BCUT2D eigenvalue weighted by Gasteiger charge is -2.17. The zero-order valence-corrected chi connectivity index (χ0v) is 13.2. The lowest BCUT2D eigenvalue weighted by atomic mass is 9.92. The number of hydrogen-bond acceptors (Lipinski definition) is 4. The fourth-order valence-corrected chi connectivity index (χ4v) is 3.03. The lowest BCUT2D eigenvalue weighted by molar-refractivity contribution is -0.143. The number of carbonyl (C=O) groups excluding carboxylic acids is 1. The largest absolute Gasteiger partial charge is 0.416 e. The third-order valence-corrected chi connectivity index (χ3v) is 4.37. The number of thioether (sulfide) groups is 1. The summed E-state index contributed by atoms with van der Waals surface area (Å²) in [6.45, 7) is 0.335. The highest BCUT2D eigenvalue weighted by Gasteiger charge is 2.38. The van der Waals surface area contributed by atoms with Crippen molar-refractivity contribution in [2.24, 2.45) is 10.9 Å². The van der Waals surface area contributed by atoms with E-state index in [2.05, 4.69) is 4.99 Å². The molecular formula is C15H10F6N2OS. The Hall–Kier alpha value is -2.02. The van der Waals surface area contributed by atoms with Gasteiger partial charge in [-0.15, -0.1) is 0 Å². The van der Waals surface area contributed by atoms with Gasteiger partial charge < -0.3 is 0 Å². The first-order valence-electron chi connectivity index (χ1n) is 6.88. The molecule has 0 amide bonds. The molecule has 3 nitrogen and oxygen atoms in total. The number of Topliss-reactive ketones (excluding diaryl/α,β-unsaturated/α-hetero) is 1. The van der Waals surface area contributed by atoms with E-state index in [1.807, 2.05) is 0 Å². The van der Waals surface area contributed by atoms with Gasteiger partial charge in [0, 0.05) is 29.3 Å². The first-order valence-corrected chi connectivity index (χ1v) is 8.04. The normalized spacial score (nSPS) is 16.8. The predicted molar refractivity (Wildman–Crippen MR) is 79.5 cm³/mol. The van der Waals surface area contributed by atoms with E-state index in [0.717, 1.165) is 0 Å². The van der Waals surface area contributed by atoms with Gasteiger partial charge in [0.05, 0.1) is 17.2 Å². The Labute approximate surface area is 142 Å². The van der Waals surface area contributed by atoms with E-state index in [1.165, 1.54) is 11.8 Å². The van der Waals surface area contributed by atoms with Crippen LogP contribution in [0, 0.1) is 17.2 Å². The molecule has 1 aliphatic heterocycles. The van der Waals surface area contributed by atoms with Crippen LogP contribution in [0.25, 0.3) is 0 Å². The highest BCUT2D eigenvalue weighted by Crippen LogP contribution is 2.36. The maximum absolute atomic E-state index is 12.9. The van der Waals surface area contributed by atoms with Gasteiger partial charge in [0.25, 0.3) is 0 Å². The van der Waals surface area contributed by atoms with Crippen LogP contribution in [0.2, 0.25) is 0 Å². The smallest absolute Gasteiger partial charge is 0.292 e. The van der Waals surface area contributed by atoms with Crippen LogP contribution in [-0.4, -0.2) is 29.5 Å². The minimum atomic E-state index is -5.06. The third kappa shape index (κ3) is 4.54. The quantitative estimate of drug-likeness (QED) is 0.582. The summed E-state index contributed by atoms with van der Waals surface area (Å²) >= 11 is 1.38. The second-order valence-corrected chi connectivity index (χ2v) is 6.25. The van der Waals surface area contributed by atoms with E-state index in [0.29, 0.717) is 24.4 Å². The molecule has 10 heteroatoms. The van der Waals surface area contributed by atoms with Crippen LogP contribution in [0.15, 0.2) is 23.2 Å². The maximum atomic E-state index is 12.9. The molecule has 0 radical (unpaired) electrons. The molecule has 1 aromatic carbocycles. The molecular weight excluding hydrogens is 370 g/mol. The topological polar surface area (TPSA) is 53.2 Å². The van der Waals surface area contributed by atoms with Gasteiger partial charge in [-0.3, -0.25) is 9.79 Å². The van der Waals surface area contributed by atoms with E-state index < -0.39 is 40.7 Å². The van der Waals surface area contributed by atoms with Crippen molar-refractivity contribution in [2.75, 3.05) is 18.1 Å². The van der Waals surface area contributed by atoms with Crippen LogP contribution < -0.4 is 0 Å². The van der Waals surface area contributed by atoms with Crippen LogP contribution in [0.3, 0.4) is 0 Å². The number of carbonyl (C=O) groups is 1. The molecule has 2 rings (SSSR count). The number of rotatable bonds is 3. The molecule has 0 fully saturated rings. The van der Waals surface area contributed by atoms with Gasteiger partial charge in [-0.25, -0.2) is 0 Å². The van der Waals surface area contributed by atoms with Crippen molar-refractivity contribution in [1.29, 1.82) is 5.26 Å². The molecule has 1 aromatic rings. The monoisotopic (exact) mass is 380 g/mol. The van der Waals surface area contributed by atoms with Crippen LogP contribution in [0.5, 0.6) is 0 Å². The maximum Gasteiger partial charge on any atom is 0.416 e. The number of nitrogens with zero attached hydrogens (tertiary/aromatic N) is 2. The fourth-order valence-electron chi connectivity index (χ4n) is 2.20. The number of alkyl halides is 6. The van der Waals surface area contributed by atoms with Crippen LogP contribution >= 0.6 is 11.8 Å². The van der Waals surface area contributed by atoms with Gasteiger partial charge in [0.2, 0.25) is 0 Å². The molecule has 1 unspecified atom stereocenters. The van der Waals surface area contributed by atoms with Crippen molar-refractivity contribution in [3.63, 3.8) is 0 Å². The molecule has 0 N–H and O–H groups in total. The second kappa shape index (κ2) is 7.07. The van der Waals surface area contributed by atoms with Crippen molar-refractivity contribution in [3.05, 3.63) is 34.9 Å². The molecule has 0 saturated heterocycles. The lowest BCUT2D eigenvalue weighted by Crippen LogP contribution is -2.28. The number of ketones is 1. The Bertz CT molecular complexity index is 716. The number of nitriles is 1. The number of benzene rings is 1. The number of aliphatic imine (C=N–C) groups is 1. The van der Waals surface area contributed by atoms with E-state index in [4.69, 9.17) is 5.26 Å². The molecule has 0 spiro atoms. The Morgan fingerprint density at radius 3 is 2.08 bits per heavy atom. The van der Waals surface area contributed by atoms with Crippen molar-refractivity contribution in [3.8, 4) is 6.07 Å². The SMILES string of the molecule is N#CC(C(=O)c1cc(C(F)(F)F)cc(C(F)(F)F)c1)C1=NCCSC1. The summed E-state index contributed by atoms with van der Waals surface area (Å²) in [7, 11) is 0. The highest BCUT2D eigenvalue weighted by molar-refractivity contribution is 8.00. The van der Waals surface area contributed by atoms with Crippen molar-refractivity contribution in [1.82, 2.24) is 0 Å². The van der Waals surface area contributed by atoms with E-state index >= 15 is 0 Å².